The molecular weight excluding hydrogens is 338 g/mol. The number of anilines is 1. The molecule has 0 radical (unpaired) electrons. The van der Waals surface area contributed by atoms with Crippen LogP contribution in [-0.2, 0) is 0 Å². The van der Waals surface area contributed by atoms with Gasteiger partial charge in [0.15, 0.2) is 11.6 Å². The van der Waals surface area contributed by atoms with Crippen LogP contribution in [0.1, 0.15) is 11.6 Å². The molecule has 1 aliphatic rings. The van der Waals surface area contributed by atoms with E-state index in [1.807, 2.05) is 24.3 Å². The van der Waals surface area contributed by atoms with Crippen LogP contribution in [0.2, 0.25) is 0 Å². The highest BCUT2D eigenvalue weighted by molar-refractivity contribution is 5.75. The van der Waals surface area contributed by atoms with Gasteiger partial charge in [-0.2, -0.15) is 0 Å². The Morgan fingerprint density at radius 2 is 1.92 bits per heavy atom. The molecule has 3 aromatic rings. The summed E-state index contributed by atoms with van der Waals surface area (Å²) in [7, 11) is 1.65. The Labute approximate surface area is 149 Å². The molecule has 2 heterocycles. The van der Waals surface area contributed by atoms with Crippen molar-refractivity contribution in [2.45, 2.75) is 6.04 Å². The predicted octanol–water partition coefficient (Wildman–Crippen LogP) is 3.07. The van der Waals surface area contributed by atoms with Gasteiger partial charge >= 0.3 is 0 Å². The molecular formula is C19H18F2N4O. The number of ether oxygens (including phenoxy) is 1. The molecule has 0 spiro atoms. The smallest absolute Gasteiger partial charge is 0.161 e. The maximum absolute atomic E-state index is 13.5. The third-order valence-electron chi connectivity index (χ3n) is 4.59. The second kappa shape index (κ2) is 6.84. The Balaban J connectivity index is 1.63. The summed E-state index contributed by atoms with van der Waals surface area (Å²) in [5.41, 5.74) is 1.75. The zero-order chi connectivity index (χ0) is 18.1. The van der Waals surface area contributed by atoms with Crippen LogP contribution < -0.4 is 15.0 Å². The fraction of sp³-hybridized carbons (Fsp3) is 0.263. The third kappa shape index (κ3) is 3.06. The lowest BCUT2D eigenvalue weighted by Crippen LogP contribution is -2.46. The lowest BCUT2D eigenvalue weighted by atomic mass is 10.0. The maximum atomic E-state index is 13.5. The van der Waals surface area contributed by atoms with Gasteiger partial charge in [0.1, 0.15) is 11.6 Å². The summed E-state index contributed by atoms with van der Waals surface area (Å²) in [4.78, 5) is 10.8. The molecule has 2 aromatic carbocycles. The molecule has 1 fully saturated rings. The van der Waals surface area contributed by atoms with Crippen molar-refractivity contribution < 1.29 is 13.5 Å². The fourth-order valence-electron chi connectivity index (χ4n) is 3.27. The van der Waals surface area contributed by atoms with Gasteiger partial charge in [0.2, 0.25) is 0 Å². The molecule has 5 nitrogen and oxygen atoms in total. The van der Waals surface area contributed by atoms with Gasteiger partial charge in [-0.3, -0.25) is 4.98 Å². The fourth-order valence-corrected chi connectivity index (χ4v) is 3.27. The van der Waals surface area contributed by atoms with Gasteiger partial charge in [0.25, 0.3) is 0 Å². The zero-order valence-corrected chi connectivity index (χ0v) is 14.2. The number of para-hydroxylation sites is 1. The number of benzene rings is 2. The van der Waals surface area contributed by atoms with Crippen LogP contribution in [0.3, 0.4) is 0 Å². The van der Waals surface area contributed by atoms with E-state index < -0.39 is 11.6 Å². The van der Waals surface area contributed by atoms with Crippen LogP contribution in [0.15, 0.2) is 42.6 Å². The first-order valence-electron chi connectivity index (χ1n) is 8.39. The molecule has 1 atom stereocenters. The van der Waals surface area contributed by atoms with Gasteiger partial charge in [-0.15, -0.1) is 0 Å². The lowest BCUT2D eigenvalue weighted by molar-refractivity contribution is 0.391. The summed E-state index contributed by atoms with van der Waals surface area (Å²) in [5, 5.41) is 3.48. The minimum Gasteiger partial charge on any atom is -0.496 e. The molecule has 4 rings (SSSR count). The Hall–Kier alpha value is -2.80. The van der Waals surface area contributed by atoms with Gasteiger partial charge in [-0.25, -0.2) is 13.8 Å². The summed E-state index contributed by atoms with van der Waals surface area (Å²) in [6.45, 7) is 2.18. The molecule has 1 aliphatic heterocycles. The zero-order valence-electron chi connectivity index (χ0n) is 14.2. The van der Waals surface area contributed by atoms with E-state index in [2.05, 4.69) is 20.2 Å². The summed E-state index contributed by atoms with van der Waals surface area (Å²) in [6.07, 6.45) is 1.60. The lowest BCUT2D eigenvalue weighted by Gasteiger charge is -2.35. The highest BCUT2D eigenvalue weighted by Crippen LogP contribution is 2.28. The number of hydrogen-bond acceptors (Lipinski definition) is 5. The summed E-state index contributed by atoms with van der Waals surface area (Å²) in [5.74, 6) is -0.368. The van der Waals surface area contributed by atoms with Gasteiger partial charge in [-0.05, 0) is 6.07 Å². The summed E-state index contributed by atoms with van der Waals surface area (Å²) < 4.78 is 32.3. The number of methoxy groups -OCH3 is 1. The molecule has 0 amide bonds. The molecule has 1 unspecified atom stereocenters. The van der Waals surface area contributed by atoms with Crippen LogP contribution in [0.5, 0.6) is 5.75 Å². The van der Waals surface area contributed by atoms with Crippen molar-refractivity contribution in [3.63, 3.8) is 0 Å². The number of nitrogens with one attached hydrogen (secondary N) is 1. The van der Waals surface area contributed by atoms with Gasteiger partial charge in [-0.1, -0.05) is 18.2 Å². The van der Waals surface area contributed by atoms with Crippen molar-refractivity contribution in [2.75, 3.05) is 31.6 Å². The van der Waals surface area contributed by atoms with Crippen molar-refractivity contribution in [3.05, 3.63) is 59.8 Å². The average molecular weight is 356 g/mol. The molecule has 0 bridgehead atoms. The van der Waals surface area contributed by atoms with E-state index in [0.29, 0.717) is 23.4 Å². The van der Waals surface area contributed by atoms with Crippen molar-refractivity contribution in [1.82, 2.24) is 15.3 Å². The minimum absolute atomic E-state index is 0.0716. The quantitative estimate of drug-likeness (QED) is 0.782. The molecule has 1 saturated heterocycles. The number of nitrogens with zero attached hydrogens (tertiary/aromatic N) is 3. The molecule has 7 heteroatoms. The van der Waals surface area contributed by atoms with Crippen LogP contribution in [0.25, 0.3) is 11.0 Å². The van der Waals surface area contributed by atoms with Crippen LogP contribution in [-0.4, -0.2) is 36.7 Å². The number of piperazine rings is 1. The predicted molar refractivity (Wildman–Crippen MR) is 95.4 cm³/mol. The monoisotopic (exact) mass is 356 g/mol. The first kappa shape index (κ1) is 16.7. The molecule has 1 aromatic heterocycles. The summed E-state index contributed by atoms with van der Waals surface area (Å²) >= 11 is 0. The first-order chi connectivity index (χ1) is 12.7. The van der Waals surface area contributed by atoms with E-state index in [-0.39, 0.29) is 6.04 Å². The Morgan fingerprint density at radius 1 is 1.15 bits per heavy atom. The number of rotatable bonds is 3. The van der Waals surface area contributed by atoms with Gasteiger partial charge in [0.05, 0.1) is 30.4 Å². The molecule has 134 valence electrons. The van der Waals surface area contributed by atoms with E-state index in [0.717, 1.165) is 36.5 Å². The Morgan fingerprint density at radius 3 is 2.73 bits per heavy atom. The normalized spacial score (nSPS) is 17.5. The first-order valence-corrected chi connectivity index (χ1v) is 8.39. The van der Waals surface area contributed by atoms with E-state index in [9.17, 15) is 8.78 Å². The molecule has 0 saturated carbocycles. The van der Waals surface area contributed by atoms with Crippen LogP contribution in [0.4, 0.5) is 14.6 Å². The number of halogens is 2. The molecule has 1 N–H and O–H groups in total. The summed E-state index contributed by atoms with van der Waals surface area (Å²) in [6, 6.07) is 10.1. The Kier molecular flexibility index (Phi) is 4.38. The number of aromatic nitrogens is 2. The topological polar surface area (TPSA) is 50.3 Å². The second-order valence-corrected chi connectivity index (χ2v) is 6.18. The maximum Gasteiger partial charge on any atom is 0.161 e. The minimum atomic E-state index is -0.920. The van der Waals surface area contributed by atoms with Gasteiger partial charge in [0, 0.05) is 37.3 Å². The molecule has 0 aliphatic carbocycles. The van der Waals surface area contributed by atoms with Crippen molar-refractivity contribution in [2.24, 2.45) is 0 Å². The molecule has 26 heavy (non-hydrogen) atoms. The van der Waals surface area contributed by atoms with Crippen molar-refractivity contribution in [1.29, 1.82) is 0 Å². The highest BCUT2D eigenvalue weighted by atomic mass is 19.2. The van der Waals surface area contributed by atoms with Crippen LogP contribution in [0, 0.1) is 11.6 Å². The van der Waals surface area contributed by atoms with E-state index in [1.165, 1.54) is 0 Å². The standard InChI is InChI=1S/C19H18F2N4O/c1-26-18-5-3-2-4-12(18)17-11-25(7-6-22-17)19-10-23-15-8-13(20)14(21)9-16(15)24-19/h2-5,8-10,17,22H,6-7,11H2,1H3. The van der Waals surface area contributed by atoms with Crippen LogP contribution >= 0.6 is 0 Å². The van der Waals surface area contributed by atoms with E-state index in [1.54, 1.807) is 13.3 Å². The number of hydrogen-bond donors (Lipinski definition) is 1. The Bertz CT molecular complexity index is 950. The van der Waals surface area contributed by atoms with Crippen molar-refractivity contribution >= 4 is 16.9 Å². The number of fused-ring (bicyclic) bond motifs is 1. The van der Waals surface area contributed by atoms with E-state index >= 15 is 0 Å². The van der Waals surface area contributed by atoms with Gasteiger partial charge < -0.3 is 15.0 Å². The highest BCUT2D eigenvalue weighted by Gasteiger charge is 2.24. The SMILES string of the molecule is COc1ccccc1C1CN(c2cnc3cc(F)c(F)cc3n2)CCN1. The third-order valence-corrected chi connectivity index (χ3v) is 4.59. The van der Waals surface area contributed by atoms with Crippen molar-refractivity contribution in [3.8, 4) is 5.75 Å². The largest absolute Gasteiger partial charge is 0.496 e. The van der Waals surface area contributed by atoms with E-state index in [4.69, 9.17) is 4.74 Å². The average Bonchev–Trinajstić information content (AvgIpc) is 2.68. The second-order valence-electron chi connectivity index (χ2n) is 6.18.